The van der Waals surface area contributed by atoms with E-state index in [4.69, 9.17) is 0 Å². The third-order valence-electron chi connectivity index (χ3n) is 4.51. The monoisotopic (exact) mass is 311 g/mol. The Morgan fingerprint density at radius 3 is 2.70 bits per heavy atom. The van der Waals surface area contributed by atoms with Gasteiger partial charge in [-0.15, -0.1) is 0 Å². The highest BCUT2D eigenvalue weighted by molar-refractivity contribution is 5.76. The zero-order valence-corrected chi connectivity index (χ0v) is 13.7. The Kier molecular flexibility index (Phi) is 4.42. The van der Waals surface area contributed by atoms with Crippen molar-refractivity contribution in [3.05, 3.63) is 41.3 Å². The van der Waals surface area contributed by atoms with Crippen molar-refractivity contribution >= 4 is 18.7 Å². The van der Waals surface area contributed by atoms with E-state index in [2.05, 4.69) is 22.9 Å². The Balaban J connectivity index is 2.00. The van der Waals surface area contributed by atoms with Crippen LogP contribution in [0.3, 0.4) is 0 Å². The highest BCUT2D eigenvalue weighted by atomic mass is 19.1. The van der Waals surface area contributed by atoms with E-state index in [9.17, 15) is 4.39 Å². The molecule has 1 saturated carbocycles. The van der Waals surface area contributed by atoms with Crippen LogP contribution in [0.25, 0.3) is 17.3 Å². The molecule has 0 atom stereocenters. The first kappa shape index (κ1) is 15.7. The second-order valence-corrected chi connectivity index (χ2v) is 6.31. The van der Waals surface area contributed by atoms with Gasteiger partial charge in [0.2, 0.25) is 0 Å². The largest absolute Gasteiger partial charge is 0.244 e. The molecule has 0 radical (unpaired) electrons. The number of hydrogen-bond donors (Lipinski definition) is 0. The van der Waals surface area contributed by atoms with E-state index in [0.717, 1.165) is 5.56 Å². The quantitative estimate of drug-likeness (QED) is 0.705. The van der Waals surface area contributed by atoms with Crippen LogP contribution in [-0.4, -0.2) is 16.5 Å². The van der Waals surface area contributed by atoms with Gasteiger partial charge in [0, 0.05) is 17.3 Å². The fraction of sp³-hybridized carbons (Fsp3) is 0.368. The number of aryl methyl sites for hydroxylation is 2. The second-order valence-electron chi connectivity index (χ2n) is 6.31. The van der Waals surface area contributed by atoms with E-state index < -0.39 is 0 Å². The third kappa shape index (κ3) is 3.11. The highest BCUT2D eigenvalue weighted by Crippen LogP contribution is 2.34. The molecule has 23 heavy (non-hydrogen) atoms. The van der Waals surface area contributed by atoms with Crippen LogP contribution in [0.4, 0.5) is 10.2 Å². The number of nitrogens with zero attached hydrogens (tertiary/aromatic N) is 3. The molecule has 1 aromatic carbocycles. The average Bonchev–Trinajstić information content (AvgIpc) is 3.17. The molecule has 3 nitrogen and oxygen atoms in total. The lowest BCUT2D eigenvalue weighted by Crippen LogP contribution is -1.93. The van der Waals surface area contributed by atoms with Crippen molar-refractivity contribution in [2.75, 3.05) is 0 Å². The molecule has 0 aliphatic heterocycles. The van der Waals surface area contributed by atoms with Gasteiger partial charge in [-0.3, -0.25) is 0 Å². The Morgan fingerprint density at radius 1 is 1.26 bits per heavy atom. The molecule has 0 amide bonds. The Morgan fingerprint density at radius 2 is 2.00 bits per heavy atom. The van der Waals surface area contributed by atoms with E-state index >= 15 is 0 Å². The maximum Gasteiger partial charge on any atom is 0.162 e. The van der Waals surface area contributed by atoms with Crippen molar-refractivity contribution in [2.24, 2.45) is 10.9 Å². The normalized spacial score (nSPS) is 15.6. The minimum absolute atomic E-state index is 0.222. The predicted octanol–water partition coefficient (Wildman–Crippen LogP) is 5.30. The molecular weight excluding hydrogens is 289 g/mol. The van der Waals surface area contributed by atoms with Gasteiger partial charge in [0.25, 0.3) is 0 Å². The number of allylic oxidation sites excluding steroid dienone is 1. The number of benzene rings is 1. The molecule has 0 bridgehead atoms. The van der Waals surface area contributed by atoms with Crippen LogP contribution in [0.2, 0.25) is 0 Å². The van der Waals surface area contributed by atoms with Crippen LogP contribution in [0, 0.1) is 25.6 Å². The summed E-state index contributed by atoms with van der Waals surface area (Å²) in [5.74, 6) is 0.973. The molecule has 0 spiro atoms. The van der Waals surface area contributed by atoms with Crippen molar-refractivity contribution in [3.8, 4) is 11.1 Å². The summed E-state index contributed by atoms with van der Waals surface area (Å²) < 4.78 is 16.2. The summed E-state index contributed by atoms with van der Waals surface area (Å²) in [6, 6.07) is 3.67. The Labute approximate surface area is 136 Å². The van der Waals surface area contributed by atoms with E-state index in [1.807, 2.05) is 25.3 Å². The van der Waals surface area contributed by atoms with Crippen LogP contribution < -0.4 is 0 Å². The number of halogens is 1. The first-order chi connectivity index (χ1) is 11.1. The average molecular weight is 311 g/mol. The summed E-state index contributed by atoms with van der Waals surface area (Å²) in [6.45, 7) is 7.37. The van der Waals surface area contributed by atoms with Gasteiger partial charge in [-0.05, 0) is 51.0 Å². The summed E-state index contributed by atoms with van der Waals surface area (Å²) in [6.07, 6.45) is 10.8. The van der Waals surface area contributed by atoms with E-state index in [-0.39, 0.29) is 5.82 Å². The van der Waals surface area contributed by atoms with Crippen molar-refractivity contribution in [2.45, 2.75) is 39.5 Å². The van der Waals surface area contributed by atoms with E-state index in [0.29, 0.717) is 28.4 Å². The Bertz CT molecular complexity index is 752. The number of rotatable bonds is 4. The minimum Gasteiger partial charge on any atom is -0.244 e. The van der Waals surface area contributed by atoms with Gasteiger partial charge in [-0.1, -0.05) is 30.5 Å². The summed E-state index contributed by atoms with van der Waals surface area (Å²) >= 11 is 0. The van der Waals surface area contributed by atoms with E-state index in [1.54, 1.807) is 17.8 Å². The molecule has 120 valence electrons. The predicted molar refractivity (Wildman–Crippen MR) is 93.6 cm³/mol. The van der Waals surface area contributed by atoms with Gasteiger partial charge >= 0.3 is 0 Å². The number of aromatic nitrogens is 2. The summed E-state index contributed by atoms with van der Waals surface area (Å²) in [5, 5.41) is 4.35. The second kappa shape index (κ2) is 6.49. The van der Waals surface area contributed by atoms with Crippen LogP contribution in [-0.2, 0) is 0 Å². The molecule has 3 rings (SSSR count). The molecule has 1 aliphatic carbocycles. The molecule has 1 aromatic heterocycles. The van der Waals surface area contributed by atoms with Crippen molar-refractivity contribution in [1.29, 1.82) is 0 Å². The maximum absolute atomic E-state index is 14.5. The molecule has 1 aliphatic rings. The van der Waals surface area contributed by atoms with Crippen LogP contribution >= 0.6 is 0 Å². The molecular formula is C19H22FN3. The van der Waals surface area contributed by atoms with E-state index in [1.165, 1.54) is 25.7 Å². The molecule has 0 N–H and O–H groups in total. The summed E-state index contributed by atoms with van der Waals surface area (Å²) in [4.78, 5) is 4.09. The van der Waals surface area contributed by atoms with Crippen molar-refractivity contribution in [3.63, 3.8) is 0 Å². The Hall–Kier alpha value is -2.23. The van der Waals surface area contributed by atoms with Crippen LogP contribution in [0.15, 0.2) is 29.4 Å². The third-order valence-corrected chi connectivity index (χ3v) is 4.51. The van der Waals surface area contributed by atoms with Gasteiger partial charge in [0.1, 0.15) is 5.82 Å². The number of aliphatic imine (C=N–C) groups is 1. The number of hydrogen-bond acceptors (Lipinski definition) is 2. The van der Waals surface area contributed by atoms with Gasteiger partial charge in [-0.2, -0.15) is 5.10 Å². The molecule has 1 fully saturated rings. The SMILES string of the molecule is C=Nc1c(-c2cc(C)cc(C)c2F)cnn1/C=C\C1CCCC1. The highest BCUT2D eigenvalue weighted by Gasteiger charge is 2.17. The lowest BCUT2D eigenvalue weighted by atomic mass is 10.0. The zero-order chi connectivity index (χ0) is 16.4. The maximum atomic E-state index is 14.5. The van der Waals surface area contributed by atoms with Crippen molar-refractivity contribution in [1.82, 2.24) is 9.78 Å². The van der Waals surface area contributed by atoms with Crippen LogP contribution in [0.5, 0.6) is 0 Å². The standard InChI is InChI=1S/C19H22FN3/c1-13-10-14(2)18(20)16(11-13)17-12-22-23(19(17)21-3)9-8-15-6-4-5-7-15/h8-12,15H,3-7H2,1-2H3/b9-8-. The molecule has 2 aromatic rings. The first-order valence-corrected chi connectivity index (χ1v) is 8.10. The first-order valence-electron chi connectivity index (χ1n) is 8.10. The molecule has 0 unspecified atom stereocenters. The molecule has 4 heteroatoms. The fourth-order valence-corrected chi connectivity index (χ4v) is 3.31. The summed E-state index contributed by atoms with van der Waals surface area (Å²) in [5.41, 5.74) is 2.86. The molecule has 1 heterocycles. The van der Waals surface area contributed by atoms with Gasteiger partial charge in [-0.25, -0.2) is 14.1 Å². The lowest BCUT2D eigenvalue weighted by Gasteiger charge is -2.07. The van der Waals surface area contributed by atoms with Gasteiger partial charge in [0.15, 0.2) is 5.82 Å². The minimum atomic E-state index is -0.222. The zero-order valence-electron chi connectivity index (χ0n) is 13.7. The fourth-order valence-electron chi connectivity index (χ4n) is 3.31. The smallest absolute Gasteiger partial charge is 0.162 e. The molecule has 0 saturated heterocycles. The van der Waals surface area contributed by atoms with Crippen molar-refractivity contribution < 1.29 is 4.39 Å². The topological polar surface area (TPSA) is 30.2 Å². The summed E-state index contributed by atoms with van der Waals surface area (Å²) in [7, 11) is 0. The van der Waals surface area contributed by atoms with Gasteiger partial charge in [0.05, 0.1) is 6.20 Å². The van der Waals surface area contributed by atoms with Crippen LogP contribution in [0.1, 0.15) is 36.8 Å². The lowest BCUT2D eigenvalue weighted by molar-refractivity contribution is 0.621. The van der Waals surface area contributed by atoms with Gasteiger partial charge < -0.3 is 0 Å².